The van der Waals surface area contributed by atoms with Gasteiger partial charge in [0.25, 0.3) is 5.69 Å². The molecular weight excluding hydrogens is 418 g/mol. The Bertz CT molecular complexity index is 953. The molecule has 0 bridgehead atoms. The van der Waals surface area contributed by atoms with Crippen LogP contribution in [-0.2, 0) is 11.2 Å². The first-order chi connectivity index (χ1) is 15.1. The molecule has 1 amide bonds. The zero-order valence-corrected chi connectivity index (χ0v) is 18.4. The molecule has 172 valence electrons. The Morgan fingerprint density at radius 3 is 2.09 bits per heavy atom. The molecule has 0 atom stereocenters. The van der Waals surface area contributed by atoms with Gasteiger partial charge in [-0.15, -0.1) is 0 Å². The molecule has 0 aliphatic heterocycles. The maximum absolute atomic E-state index is 12.3. The van der Waals surface area contributed by atoms with Crippen molar-refractivity contribution in [3.63, 3.8) is 0 Å². The van der Waals surface area contributed by atoms with Crippen molar-refractivity contribution in [1.29, 1.82) is 0 Å². The second-order valence-corrected chi connectivity index (χ2v) is 8.12. The molecule has 2 N–H and O–H groups in total. The van der Waals surface area contributed by atoms with Gasteiger partial charge in [-0.25, -0.2) is 9.97 Å². The normalized spacial score (nSPS) is 10.8. The Labute approximate surface area is 185 Å². The van der Waals surface area contributed by atoms with Crippen molar-refractivity contribution in [2.45, 2.75) is 34.1 Å². The molecule has 0 radical (unpaired) electrons. The molecule has 2 aromatic rings. The zero-order chi connectivity index (χ0) is 23.8. The van der Waals surface area contributed by atoms with Crippen LogP contribution in [-0.4, -0.2) is 38.8 Å². The highest BCUT2D eigenvalue weighted by molar-refractivity contribution is 5.81. The maximum Gasteiger partial charge on any atom is 0.355 e. The topological polar surface area (TPSA) is 156 Å². The van der Waals surface area contributed by atoms with Crippen LogP contribution in [0, 0.1) is 32.1 Å². The summed E-state index contributed by atoms with van der Waals surface area (Å²) in [4.78, 5) is 43.6. The molecule has 12 nitrogen and oxygen atoms in total. The van der Waals surface area contributed by atoms with Crippen molar-refractivity contribution in [3.05, 3.63) is 56.4 Å². The molecule has 2 rings (SSSR count). The van der Waals surface area contributed by atoms with E-state index in [0.717, 1.165) is 0 Å². The number of aromatic nitrogens is 2. The SMILES string of the molecule is CC(C)CN(CC(C)C)c1ncnc(NNC(=O)Cc2ccc([N+](=O)[O-])cc2)c1[N+](=O)[O-]. The van der Waals surface area contributed by atoms with Gasteiger partial charge in [-0.1, -0.05) is 39.8 Å². The summed E-state index contributed by atoms with van der Waals surface area (Å²) in [6, 6.07) is 5.54. The quantitative estimate of drug-likeness (QED) is 0.392. The molecule has 1 heterocycles. The number of nitrogens with one attached hydrogen (secondary N) is 2. The lowest BCUT2D eigenvalue weighted by molar-refractivity contribution is -0.384. The summed E-state index contributed by atoms with van der Waals surface area (Å²) >= 11 is 0. The molecule has 32 heavy (non-hydrogen) atoms. The van der Waals surface area contributed by atoms with Gasteiger partial charge in [0.05, 0.1) is 16.3 Å². The van der Waals surface area contributed by atoms with Gasteiger partial charge in [0.15, 0.2) is 0 Å². The third kappa shape index (κ3) is 6.86. The van der Waals surface area contributed by atoms with Crippen LogP contribution >= 0.6 is 0 Å². The van der Waals surface area contributed by atoms with Crippen LogP contribution in [0.5, 0.6) is 0 Å². The van der Waals surface area contributed by atoms with Crippen LogP contribution in [0.2, 0.25) is 0 Å². The monoisotopic (exact) mass is 445 g/mol. The van der Waals surface area contributed by atoms with E-state index in [4.69, 9.17) is 0 Å². The molecule has 1 aromatic heterocycles. The number of rotatable bonds is 11. The fraction of sp³-hybridized carbons (Fsp3) is 0.450. The van der Waals surface area contributed by atoms with E-state index in [1.165, 1.54) is 30.6 Å². The standard InChI is InChI=1S/C20H27N7O5/c1-13(2)10-25(11-14(3)4)20-18(27(31)32)19(21-12-22-20)24-23-17(28)9-15-5-7-16(8-6-15)26(29)30/h5-8,12-14H,9-11H2,1-4H3,(H,23,28)(H,21,22,24). The summed E-state index contributed by atoms with van der Waals surface area (Å²) < 4.78 is 0. The first-order valence-corrected chi connectivity index (χ1v) is 10.1. The number of carbonyl (C=O) groups is 1. The van der Waals surface area contributed by atoms with E-state index >= 15 is 0 Å². The molecule has 0 saturated heterocycles. The lowest BCUT2D eigenvalue weighted by Gasteiger charge is -2.27. The third-order valence-corrected chi connectivity index (χ3v) is 4.29. The van der Waals surface area contributed by atoms with Gasteiger partial charge in [-0.3, -0.25) is 35.9 Å². The highest BCUT2D eigenvalue weighted by Gasteiger charge is 2.28. The van der Waals surface area contributed by atoms with E-state index in [0.29, 0.717) is 18.7 Å². The van der Waals surface area contributed by atoms with Gasteiger partial charge in [0, 0.05) is 25.2 Å². The molecule has 0 unspecified atom stereocenters. The van der Waals surface area contributed by atoms with E-state index in [1.54, 1.807) is 0 Å². The maximum atomic E-state index is 12.3. The van der Waals surface area contributed by atoms with Crippen molar-refractivity contribution in [1.82, 2.24) is 15.4 Å². The lowest BCUT2D eigenvalue weighted by Crippen LogP contribution is -2.34. The number of hydrazine groups is 1. The zero-order valence-electron chi connectivity index (χ0n) is 18.4. The molecule has 0 aliphatic carbocycles. The smallest absolute Gasteiger partial charge is 0.350 e. The number of benzene rings is 1. The van der Waals surface area contributed by atoms with E-state index in [1.807, 2.05) is 32.6 Å². The summed E-state index contributed by atoms with van der Waals surface area (Å²) in [5, 5.41) is 22.6. The second kappa shape index (κ2) is 11.0. The van der Waals surface area contributed by atoms with Crippen molar-refractivity contribution in [2.24, 2.45) is 11.8 Å². The molecule has 0 saturated carbocycles. The van der Waals surface area contributed by atoms with Gasteiger partial charge >= 0.3 is 5.69 Å². The highest BCUT2D eigenvalue weighted by atomic mass is 16.6. The predicted molar refractivity (Wildman–Crippen MR) is 119 cm³/mol. The van der Waals surface area contributed by atoms with Crippen molar-refractivity contribution < 1.29 is 14.6 Å². The summed E-state index contributed by atoms with van der Waals surface area (Å²) in [6.45, 7) is 9.19. The van der Waals surface area contributed by atoms with Gasteiger partial charge in [0.1, 0.15) is 6.33 Å². The number of hydrogen-bond acceptors (Lipinski definition) is 9. The average Bonchev–Trinajstić information content (AvgIpc) is 2.71. The average molecular weight is 445 g/mol. The molecular formula is C20H27N7O5. The summed E-state index contributed by atoms with van der Waals surface area (Å²) in [5.74, 6) is 0.0610. The molecule has 1 aromatic carbocycles. The molecule has 12 heteroatoms. The van der Waals surface area contributed by atoms with E-state index in [2.05, 4.69) is 20.8 Å². The lowest BCUT2D eigenvalue weighted by atomic mass is 10.1. The van der Waals surface area contributed by atoms with Crippen LogP contribution in [0.25, 0.3) is 0 Å². The fourth-order valence-electron chi connectivity index (χ4n) is 3.08. The number of nitrogens with zero attached hydrogens (tertiary/aromatic N) is 5. The van der Waals surface area contributed by atoms with Crippen molar-refractivity contribution >= 4 is 28.9 Å². The predicted octanol–water partition coefficient (Wildman–Crippen LogP) is 3.10. The van der Waals surface area contributed by atoms with E-state index < -0.39 is 15.8 Å². The number of anilines is 2. The third-order valence-electron chi connectivity index (χ3n) is 4.29. The molecule has 0 fully saturated rings. The number of nitro benzene ring substituents is 1. The fourth-order valence-corrected chi connectivity index (χ4v) is 3.08. The number of non-ortho nitro benzene ring substituents is 1. The minimum absolute atomic E-state index is 0.0798. The Morgan fingerprint density at radius 1 is 1.00 bits per heavy atom. The van der Waals surface area contributed by atoms with Crippen LogP contribution in [0.1, 0.15) is 33.3 Å². The Kier molecular flexibility index (Phi) is 8.38. The van der Waals surface area contributed by atoms with Gasteiger partial charge < -0.3 is 4.90 Å². The number of hydrogen-bond donors (Lipinski definition) is 2. The Hall–Kier alpha value is -3.83. The van der Waals surface area contributed by atoms with E-state index in [9.17, 15) is 25.0 Å². The Balaban J connectivity index is 2.18. The largest absolute Gasteiger partial charge is 0.355 e. The summed E-state index contributed by atoms with van der Waals surface area (Å²) in [7, 11) is 0. The first kappa shape index (κ1) is 24.4. The first-order valence-electron chi connectivity index (χ1n) is 10.1. The minimum Gasteiger partial charge on any atom is -0.350 e. The number of carbonyl (C=O) groups excluding carboxylic acids is 1. The van der Waals surface area contributed by atoms with Gasteiger partial charge in [-0.2, -0.15) is 0 Å². The second-order valence-electron chi connectivity index (χ2n) is 8.12. The van der Waals surface area contributed by atoms with Crippen molar-refractivity contribution in [2.75, 3.05) is 23.4 Å². The van der Waals surface area contributed by atoms with Crippen molar-refractivity contribution in [3.8, 4) is 0 Å². The Morgan fingerprint density at radius 2 is 1.59 bits per heavy atom. The summed E-state index contributed by atoms with van der Waals surface area (Å²) in [6.07, 6.45) is 1.13. The molecule has 0 aliphatic rings. The number of nitro groups is 2. The minimum atomic E-state index is -0.576. The summed E-state index contributed by atoms with van der Waals surface area (Å²) in [5.41, 5.74) is 5.05. The van der Waals surface area contributed by atoms with Crippen LogP contribution in [0.15, 0.2) is 30.6 Å². The van der Waals surface area contributed by atoms with Gasteiger partial charge in [-0.05, 0) is 17.4 Å². The van der Waals surface area contributed by atoms with Crippen LogP contribution in [0.4, 0.5) is 23.0 Å². The molecule has 0 spiro atoms. The number of amides is 1. The van der Waals surface area contributed by atoms with Gasteiger partial charge in [0.2, 0.25) is 17.5 Å². The van der Waals surface area contributed by atoms with E-state index in [-0.39, 0.29) is 41.3 Å². The van der Waals surface area contributed by atoms with Crippen LogP contribution in [0.3, 0.4) is 0 Å². The highest BCUT2D eigenvalue weighted by Crippen LogP contribution is 2.32. The van der Waals surface area contributed by atoms with Crippen LogP contribution < -0.4 is 15.8 Å².